The van der Waals surface area contributed by atoms with E-state index in [1.807, 2.05) is 0 Å². The van der Waals surface area contributed by atoms with Crippen LogP contribution in [-0.2, 0) is 0 Å². The first-order valence-corrected chi connectivity index (χ1v) is 5.04. The Morgan fingerprint density at radius 2 is 2.06 bits per heavy atom. The Kier molecular flexibility index (Phi) is 3.78. The zero-order chi connectivity index (χ0) is 13.2. The molecule has 0 spiro atoms. The minimum absolute atomic E-state index is 0.0386. The van der Waals surface area contributed by atoms with Crippen molar-refractivity contribution in [2.45, 2.75) is 13.3 Å². The molecule has 1 rings (SSSR count). The largest absolute Gasteiger partial charge is 0.573 e. The lowest BCUT2D eigenvalue weighted by molar-refractivity contribution is -0.274. The molecule has 0 bridgehead atoms. The Morgan fingerprint density at radius 3 is 2.47 bits per heavy atom. The number of halogens is 4. The van der Waals surface area contributed by atoms with Crippen LogP contribution in [0, 0.1) is 11.3 Å². The second-order valence-electron chi connectivity index (χ2n) is 3.05. The molecule has 90 valence electrons. The van der Waals surface area contributed by atoms with E-state index in [0.29, 0.717) is 0 Å². The monoisotopic (exact) mass is 307 g/mol. The molecule has 1 aromatic rings. The predicted molar refractivity (Wildman–Crippen MR) is 55.5 cm³/mol. The fourth-order valence-electron chi connectivity index (χ4n) is 1.12. The Labute approximate surface area is 103 Å². The lowest BCUT2D eigenvalue weighted by Crippen LogP contribution is -2.18. The van der Waals surface area contributed by atoms with Gasteiger partial charge < -0.3 is 4.74 Å². The molecule has 0 amide bonds. The average molecular weight is 308 g/mol. The summed E-state index contributed by atoms with van der Waals surface area (Å²) in [5.41, 5.74) is -0.124. The molecule has 0 aliphatic rings. The molecular weight excluding hydrogens is 303 g/mol. The van der Waals surface area contributed by atoms with E-state index in [9.17, 15) is 18.0 Å². The van der Waals surface area contributed by atoms with E-state index in [0.717, 1.165) is 6.07 Å². The van der Waals surface area contributed by atoms with Gasteiger partial charge in [-0.15, -0.1) is 13.2 Å². The smallest absolute Gasteiger partial charge is 0.405 e. The summed E-state index contributed by atoms with van der Waals surface area (Å²) in [5, 5.41) is 8.64. The van der Waals surface area contributed by atoms with Crippen molar-refractivity contribution in [1.29, 1.82) is 5.26 Å². The normalized spacial score (nSPS) is 10.8. The zero-order valence-electron chi connectivity index (χ0n) is 8.43. The van der Waals surface area contributed by atoms with Crippen LogP contribution in [-0.4, -0.2) is 12.1 Å². The van der Waals surface area contributed by atoms with Gasteiger partial charge in [-0.2, -0.15) is 5.26 Å². The molecule has 7 heteroatoms. The Morgan fingerprint density at radius 1 is 1.47 bits per heavy atom. The lowest BCUT2D eigenvalue weighted by atomic mass is 10.1. The number of carbonyl (C=O) groups is 1. The Bertz CT molecular complexity index is 505. The van der Waals surface area contributed by atoms with Crippen molar-refractivity contribution in [3.8, 4) is 11.8 Å². The van der Waals surface area contributed by atoms with Crippen molar-refractivity contribution < 1.29 is 22.7 Å². The van der Waals surface area contributed by atoms with Crippen molar-refractivity contribution in [2.24, 2.45) is 0 Å². The maximum atomic E-state index is 12.1. The number of hydrogen-bond acceptors (Lipinski definition) is 3. The van der Waals surface area contributed by atoms with Crippen LogP contribution in [0.1, 0.15) is 22.8 Å². The minimum atomic E-state index is -4.88. The lowest BCUT2D eigenvalue weighted by Gasteiger charge is -2.12. The summed E-state index contributed by atoms with van der Waals surface area (Å²) in [6.07, 6.45) is -4.88. The van der Waals surface area contributed by atoms with Crippen LogP contribution in [0.4, 0.5) is 13.2 Å². The third kappa shape index (κ3) is 3.46. The molecule has 0 fully saturated rings. The second kappa shape index (κ2) is 4.75. The number of ether oxygens (including phenoxy) is 1. The summed E-state index contributed by atoms with van der Waals surface area (Å²) in [4.78, 5) is 11.2. The fraction of sp³-hybridized carbons (Fsp3) is 0.200. The summed E-state index contributed by atoms with van der Waals surface area (Å²) in [7, 11) is 0. The van der Waals surface area contributed by atoms with E-state index in [1.165, 1.54) is 13.0 Å². The number of Topliss-reactive ketones (excluding diaryl/α,β-unsaturated/α-hetero) is 1. The number of nitrogens with zero attached hydrogens (tertiary/aromatic N) is 1. The second-order valence-corrected chi connectivity index (χ2v) is 3.84. The number of benzene rings is 1. The third-order valence-corrected chi connectivity index (χ3v) is 2.59. The predicted octanol–water partition coefficient (Wildman–Crippen LogP) is 3.42. The van der Waals surface area contributed by atoms with Crippen LogP contribution in [0.3, 0.4) is 0 Å². The molecule has 0 N–H and O–H groups in total. The molecule has 0 unspecified atom stereocenters. The average Bonchev–Trinajstić information content (AvgIpc) is 2.18. The molecule has 0 aliphatic carbocycles. The minimum Gasteiger partial charge on any atom is -0.405 e. The summed E-state index contributed by atoms with van der Waals surface area (Å²) < 4.78 is 39.8. The summed E-state index contributed by atoms with van der Waals surface area (Å²) >= 11 is 2.84. The van der Waals surface area contributed by atoms with Crippen LogP contribution >= 0.6 is 15.9 Å². The van der Waals surface area contributed by atoms with Gasteiger partial charge >= 0.3 is 6.36 Å². The first-order valence-electron chi connectivity index (χ1n) is 4.25. The maximum Gasteiger partial charge on any atom is 0.573 e. The van der Waals surface area contributed by atoms with Crippen molar-refractivity contribution in [1.82, 2.24) is 0 Å². The molecule has 0 aromatic heterocycles. The van der Waals surface area contributed by atoms with Crippen molar-refractivity contribution >= 4 is 21.7 Å². The van der Waals surface area contributed by atoms with Crippen LogP contribution in [0.2, 0.25) is 0 Å². The molecule has 0 heterocycles. The van der Waals surface area contributed by atoms with Gasteiger partial charge in [0.25, 0.3) is 0 Å². The van der Waals surface area contributed by atoms with Crippen LogP contribution < -0.4 is 4.74 Å². The van der Waals surface area contributed by atoms with Crippen molar-refractivity contribution in [3.63, 3.8) is 0 Å². The van der Waals surface area contributed by atoms with Gasteiger partial charge in [0.05, 0.1) is 16.1 Å². The topological polar surface area (TPSA) is 50.1 Å². The molecule has 3 nitrogen and oxygen atoms in total. The van der Waals surface area contributed by atoms with Gasteiger partial charge in [0.1, 0.15) is 5.75 Å². The highest BCUT2D eigenvalue weighted by atomic mass is 79.9. The highest BCUT2D eigenvalue weighted by Crippen LogP contribution is 2.34. The van der Waals surface area contributed by atoms with Crippen LogP contribution in [0.15, 0.2) is 16.6 Å². The number of alkyl halides is 3. The molecule has 0 aliphatic heterocycles. The van der Waals surface area contributed by atoms with E-state index in [1.54, 1.807) is 6.07 Å². The molecule has 0 saturated carbocycles. The van der Waals surface area contributed by atoms with Gasteiger partial charge in [-0.3, -0.25) is 4.79 Å². The quantitative estimate of drug-likeness (QED) is 0.787. The first kappa shape index (κ1) is 13.5. The van der Waals surface area contributed by atoms with E-state index >= 15 is 0 Å². The fourth-order valence-corrected chi connectivity index (χ4v) is 1.71. The number of hydrogen-bond donors (Lipinski definition) is 0. The van der Waals surface area contributed by atoms with Crippen LogP contribution in [0.5, 0.6) is 5.75 Å². The van der Waals surface area contributed by atoms with Gasteiger partial charge in [0, 0.05) is 5.56 Å². The molecular formula is C10H5BrF3NO2. The van der Waals surface area contributed by atoms with E-state index in [4.69, 9.17) is 5.26 Å². The van der Waals surface area contributed by atoms with Gasteiger partial charge in [0.15, 0.2) is 5.78 Å². The van der Waals surface area contributed by atoms with Gasteiger partial charge in [-0.05, 0) is 35.0 Å². The molecule has 17 heavy (non-hydrogen) atoms. The maximum absolute atomic E-state index is 12.1. The zero-order valence-corrected chi connectivity index (χ0v) is 10.0. The molecule has 0 saturated heterocycles. The van der Waals surface area contributed by atoms with Crippen molar-refractivity contribution in [3.05, 3.63) is 27.7 Å². The molecule has 0 atom stereocenters. The highest BCUT2D eigenvalue weighted by Gasteiger charge is 2.32. The summed E-state index contributed by atoms with van der Waals surface area (Å²) in [6, 6.07) is 3.75. The first-order chi connectivity index (χ1) is 7.74. The van der Waals surface area contributed by atoms with E-state index < -0.39 is 17.9 Å². The standard InChI is InChI=1S/C10H5BrF3NO2/c1-5(16)7-2-6(4-15)3-8(9(7)11)17-10(12,13)14/h2-3H,1H3. The van der Waals surface area contributed by atoms with Gasteiger partial charge in [-0.1, -0.05) is 0 Å². The van der Waals surface area contributed by atoms with Crippen LogP contribution in [0.25, 0.3) is 0 Å². The third-order valence-electron chi connectivity index (χ3n) is 1.77. The summed E-state index contributed by atoms with van der Waals surface area (Å²) in [6.45, 7) is 1.18. The van der Waals surface area contributed by atoms with Crippen molar-refractivity contribution in [2.75, 3.05) is 0 Å². The number of carbonyl (C=O) groups excluding carboxylic acids is 1. The SMILES string of the molecule is CC(=O)c1cc(C#N)cc(OC(F)(F)F)c1Br. The van der Waals surface area contributed by atoms with Gasteiger partial charge in [-0.25, -0.2) is 0 Å². The molecule has 1 aromatic carbocycles. The highest BCUT2D eigenvalue weighted by molar-refractivity contribution is 9.10. The molecule has 0 radical (unpaired) electrons. The Hall–Kier alpha value is -1.55. The number of nitriles is 1. The number of rotatable bonds is 2. The van der Waals surface area contributed by atoms with Gasteiger partial charge in [0.2, 0.25) is 0 Å². The number of ketones is 1. The van der Waals surface area contributed by atoms with E-state index in [-0.39, 0.29) is 15.6 Å². The summed E-state index contributed by atoms with van der Waals surface area (Å²) in [5.74, 6) is -1.08. The Balaban J connectivity index is 3.35. The van der Waals surface area contributed by atoms with E-state index in [2.05, 4.69) is 20.7 Å².